The SMILES string of the molecule is Sc1cc(C2CC2)nc2ccnn12. The fraction of sp³-hybridized carbons (Fsp3) is 0.333. The second kappa shape index (κ2) is 2.48. The quantitative estimate of drug-likeness (QED) is 0.551. The van der Waals surface area contributed by atoms with Crippen LogP contribution in [0.25, 0.3) is 5.65 Å². The van der Waals surface area contributed by atoms with Gasteiger partial charge in [-0.3, -0.25) is 0 Å². The predicted octanol–water partition coefficient (Wildman–Crippen LogP) is 1.90. The van der Waals surface area contributed by atoms with Gasteiger partial charge in [0.2, 0.25) is 0 Å². The smallest absolute Gasteiger partial charge is 0.156 e. The third-order valence-electron chi connectivity index (χ3n) is 2.36. The number of hydrogen-bond donors (Lipinski definition) is 1. The van der Waals surface area contributed by atoms with Gasteiger partial charge in [0, 0.05) is 17.7 Å². The van der Waals surface area contributed by atoms with E-state index in [1.165, 1.54) is 12.8 Å². The molecule has 1 fully saturated rings. The highest BCUT2D eigenvalue weighted by molar-refractivity contribution is 7.80. The number of thiol groups is 1. The summed E-state index contributed by atoms with van der Waals surface area (Å²) in [4.78, 5) is 4.51. The molecule has 1 aliphatic rings. The van der Waals surface area contributed by atoms with Gasteiger partial charge in [0.05, 0.1) is 11.2 Å². The third-order valence-corrected chi connectivity index (χ3v) is 2.67. The first-order valence-corrected chi connectivity index (χ1v) is 4.83. The Morgan fingerprint density at radius 1 is 1.46 bits per heavy atom. The van der Waals surface area contributed by atoms with Gasteiger partial charge >= 0.3 is 0 Å². The van der Waals surface area contributed by atoms with Gasteiger partial charge < -0.3 is 0 Å². The molecule has 0 saturated heterocycles. The Kier molecular flexibility index (Phi) is 1.41. The van der Waals surface area contributed by atoms with Crippen LogP contribution < -0.4 is 0 Å². The lowest BCUT2D eigenvalue weighted by atomic mass is 10.3. The molecule has 13 heavy (non-hydrogen) atoms. The maximum Gasteiger partial charge on any atom is 0.156 e. The molecule has 0 aliphatic heterocycles. The van der Waals surface area contributed by atoms with Crippen molar-refractivity contribution in [3.8, 4) is 0 Å². The van der Waals surface area contributed by atoms with Crippen molar-refractivity contribution in [1.29, 1.82) is 0 Å². The molecule has 2 aromatic rings. The molecule has 0 unspecified atom stereocenters. The molecule has 4 heteroatoms. The molecule has 0 aromatic carbocycles. The standard InChI is InChI=1S/C9H9N3S/c13-9-5-7(6-1-2-6)11-8-3-4-10-12(8)9/h3-6,13H,1-2H2. The molecule has 0 bridgehead atoms. The zero-order valence-electron chi connectivity index (χ0n) is 7.01. The first kappa shape index (κ1) is 7.38. The maximum atomic E-state index is 4.51. The third kappa shape index (κ3) is 1.13. The zero-order valence-corrected chi connectivity index (χ0v) is 7.91. The fourth-order valence-corrected chi connectivity index (χ4v) is 1.79. The maximum absolute atomic E-state index is 4.51. The van der Waals surface area contributed by atoms with Crippen molar-refractivity contribution in [3.63, 3.8) is 0 Å². The second-order valence-corrected chi connectivity index (χ2v) is 3.87. The van der Waals surface area contributed by atoms with Gasteiger partial charge in [-0.25, -0.2) is 9.50 Å². The highest BCUT2D eigenvalue weighted by Crippen LogP contribution is 2.39. The Morgan fingerprint density at radius 3 is 3.08 bits per heavy atom. The molecular formula is C9H9N3S. The molecule has 0 N–H and O–H groups in total. The van der Waals surface area contributed by atoms with Crippen LogP contribution in [0.15, 0.2) is 23.4 Å². The number of hydrogen-bond acceptors (Lipinski definition) is 3. The van der Waals surface area contributed by atoms with Gasteiger partial charge in [-0.05, 0) is 18.9 Å². The first-order valence-electron chi connectivity index (χ1n) is 4.38. The van der Waals surface area contributed by atoms with E-state index in [1.807, 2.05) is 12.1 Å². The van der Waals surface area contributed by atoms with E-state index in [0.717, 1.165) is 16.4 Å². The lowest BCUT2D eigenvalue weighted by molar-refractivity contribution is 0.825. The molecule has 0 spiro atoms. The molecule has 3 rings (SSSR count). The van der Waals surface area contributed by atoms with Crippen LogP contribution in [0.1, 0.15) is 24.5 Å². The Hall–Kier alpha value is -1.03. The minimum absolute atomic E-state index is 0.672. The van der Waals surface area contributed by atoms with E-state index in [2.05, 4.69) is 22.7 Å². The fourth-order valence-electron chi connectivity index (χ4n) is 1.50. The van der Waals surface area contributed by atoms with Crippen LogP contribution in [-0.2, 0) is 0 Å². The summed E-state index contributed by atoms with van der Waals surface area (Å²) in [6, 6.07) is 3.92. The summed E-state index contributed by atoms with van der Waals surface area (Å²) in [5.41, 5.74) is 2.06. The van der Waals surface area contributed by atoms with Gasteiger partial charge in [-0.15, -0.1) is 12.6 Å². The van der Waals surface area contributed by atoms with Crippen molar-refractivity contribution in [3.05, 3.63) is 24.0 Å². The molecule has 1 aliphatic carbocycles. The van der Waals surface area contributed by atoms with E-state index in [-0.39, 0.29) is 0 Å². The van der Waals surface area contributed by atoms with Gasteiger partial charge in [0.15, 0.2) is 5.65 Å². The van der Waals surface area contributed by atoms with E-state index in [1.54, 1.807) is 10.7 Å². The minimum Gasteiger partial charge on any atom is -0.233 e. The van der Waals surface area contributed by atoms with Gasteiger partial charge in [0.1, 0.15) is 0 Å². The Labute approximate surface area is 81.2 Å². The summed E-state index contributed by atoms with van der Waals surface area (Å²) in [7, 11) is 0. The Balaban J connectivity index is 2.27. The molecule has 66 valence electrons. The highest BCUT2D eigenvalue weighted by Gasteiger charge is 2.25. The van der Waals surface area contributed by atoms with Crippen LogP contribution in [0.4, 0.5) is 0 Å². The van der Waals surface area contributed by atoms with Crippen LogP contribution >= 0.6 is 12.6 Å². The topological polar surface area (TPSA) is 30.2 Å². The molecule has 2 heterocycles. The Bertz CT molecular complexity index is 459. The van der Waals surface area contributed by atoms with E-state index < -0.39 is 0 Å². The predicted molar refractivity (Wildman–Crippen MR) is 52.2 cm³/mol. The van der Waals surface area contributed by atoms with Crippen LogP contribution in [0.5, 0.6) is 0 Å². The van der Waals surface area contributed by atoms with Crippen LogP contribution in [0, 0.1) is 0 Å². The van der Waals surface area contributed by atoms with Crippen molar-refractivity contribution >= 4 is 18.3 Å². The minimum atomic E-state index is 0.672. The van der Waals surface area contributed by atoms with Crippen LogP contribution in [0.2, 0.25) is 0 Å². The molecule has 1 saturated carbocycles. The summed E-state index contributed by atoms with van der Waals surface area (Å²) in [6.45, 7) is 0. The number of aromatic nitrogens is 3. The first-order chi connectivity index (χ1) is 6.34. The summed E-state index contributed by atoms with van der Waals surface area (Å²) < 4.78 is 1.75. The lowest BCUT2D eigenvalue weighted by Gasteiger charge is -2.01. The van der Waals surface area contributed by atoms with Gasteiger partial charge in [-0.1, -0.05) is 0 Å². The number of nitrogens with zero attached hydrogens (tertiary/aromatic N) is 3. The van der Waals surface area contributed by atoms with Crippen molar-refractivity contribution in [2.45, 2.75) is 23.8 Å². The second-order valence-electron chi connectivity index (χ2n) is 3.41. The van der Waals surface area contributed by atoms with Gasteiger partial charge in [-0.2, -0.15) is 5.10 Å². The summed E-state index contributed by atoms with van der Waals surface area (Å²) in [5, 5.41) is 4.99. The molecule has 0 radical (unpaired) electrons. The average Bonchev–Trinajstić information content (AvgIpc) is 2.85. The zero-order chi connectivity index (χ0) is 8.84. The van der Waals surface area contributed by atoms with E-state index >= 15 is 0 Å². The largest absolute Gasteiger partial charge is 0.233 e. The van der Waals surface area contributed by atoms with Crippen LogP contribution in [0.3, 0.4) is 0 Å². The van der Waals surface area contributed by atoms with Crippen molar-refractivity contribution in [1.82, 2.24) is 14.6 Å². The van der Waals surface area contributed by atoms with Crippen LogP contribution in [-0.4, -0.2) is 14.6 Å². The Morgan fingerprint density at radius 2 is 2.31 bits per heavy atom. The number of fused-ring (bicyclic) bond motifs is 1. The normalized spacial score (nSPS) is 16.7. The molecule has 3 nitrogen and oxygen atoms in total. The van der Waals surface area contributed by atoms with E-state index in [9.17, 15) is 0 Å². The summed E-state index contributed by atoms with van der Waals surface area (Å²) in [5.74, 6) is 0.672. The summed E-state index contributed by atoms with van der Waals surface area (Å²) >= 11 is 4.37. The molecule has 0 amide bonds. The monoisotopic (exact) mass is 191 g/mol. The molecular weight excluding hydrogens is 182 g/mol. The van der Waals surface area contributed by atoms with E-state index in [0.29, 0.717) is 5.92 Å². The van der Waals surface area contributed by atoms with Crippen molar-refractivity contribution < 1.29 is 0 Å². The average molecular weight is 191 g/mol. The summed E-state index contributed by atoms with van der Waals surface area (Å²) in [6.07, 6.45) is 4.29. The number of rotatable bonds is 1. The molecule has 0 atom stereocenters. The molecule has 2 aromatic heterocycles. The lowest BCUT2D eigenvalue weighted by Crippen LogP contribution is -1.96. The van der Waals surface area contributed by atoms with Gasteiger partial charge in [0.25, 0.3) is 0 Å². The van der Waals surface area contributed by atoms with Crippen molar-refractivity contribution in [2.75, 3.05) is 0 Å². The van der Waals surface area contributed by atoms with Crippen molar-refractivity contribution in [2.24, 2.45) is 0 Å². The highest BCUT2D eigenvalue weighted by atomic mass is 32.1. The van der Waals surface area contributed by atoms with E-state index in [4.69, 9.17) is 0 Å².